The maximum absolute atomic E-state index is 12.5. The lowest BCUT2D eigenvalue weighted by Crippen LogP contribution is -2.15. The predicted octanol–water partition coefficient (Wildman–Crippen LogP) is 3.79. The van der Waals surface area contributed by atoms with Gasteiger partial charge in [0.05, 0.1) is 20.0 Å². The average molecular weight is 441 g/mol. The summed E-state index contributed by atoms with van der Waals surface area (Å²) in [6, 6.07) is 14.7. The Morgan fingerprint density at radius 2 is 1.81 bits per heavy atom. The third kappa shape index (κ3) is 6.26. The van der Waals surface area contributed by atoms with Crippen LogP contribution in [0.25, 0.3) is 0 Å². The molecule has 0 saturated carbocycles. The normalized spacial score (nSPS) is 10.4. The number of nitrogens with zero attached hydrogens (tertiary/aromatic N) is 3. The minimum absolute atomic E-state index is 0.161. The van der Waals surface area contributed by atoms with Crippen LogP contribution >= 0.6 is 11.8 Å². The van der Waals surface area contributed by atoms with Gasteiger partial charge in [-0.1, -0.05) is 36.0 Å². The standard InChI is InChI=1S/C22H24N4O4S/c1-4-10-26-20(14-30-17-8-6-5-7-9-17)24-25-22(26)31-15-21(27)23-16-11-18(28-2)13-19(12-16)29-3/h4-9,11-13H,1,10,14-15H2,2-3H3,(H,23,27). The first-order valence-electron chi connectivity index (χ1n) is 9.49. The van der Waals surface area contributed by atoms with Crippen molar-refractivity contribution in [3.05, 3.63) is 67.0 Å². The van der Waals surface area contributed by atoms with Gasteiger partial charge in [0.2, 0.25) is 5.91 Å². The first kappa shape index (κ1) is 22.2. The second-order valence-corrected chi connectivity index (χ2v) is 7.28. The van der Waals surface area contributed by atoms with E-state index in [9.17, 15) is 4.79 Å². The quantitative estimate of drug-likeness (QED) is 0.358. The highest BCUT2D eigenvalue weighted by molar-refractivity contribution is 7.99. The van der Waals surface area contributed by atoms with E-state index in [1.807, 2.05) is 34.9 Å². The zero-order valence-electron chi connectivity index (χ0n) is 17.4. The third-order valence-corrected chi connectivity index (χ3v) is 5.15. The largest absolute Gasteiger partial charge is 0.497 e. The number of anilines is 1. The van der Waals surface area contributed by atoms with Gasteiger partial charge in [-0.25, -0.2) is 0 Å². The molecular weight excluding hydrogens is 416 g/mol. The molecule has 3 rings (SSSR count). The number of nitrogens with one attached hydrogen (secondary N) is 1. The second kappa shape index (κ2) is 11.1. The molecule has 162 valence electrons. The van der Waals surface area contributed by atoms with Gasteiger partial charge in [-0.05, 0) is 12.1 Å². The van der Waals surface area contributed by atoms with Crippen molar-refractivity contribution < 1.29 is 19.0 Å². The minimum Gasteiger partial charge on any atom is -0.497 e. The topological polar surface area (TPSA) is 87.5 Å². The molecular formula is C22H24N4O4S. The summed E-state index contributed by atoms with van der Waals surface area (Å²) in [7, 11) is 3.11. The van der Waals surface area contributed by atoms with Crippen LogP contribution in [0.5, 0.6) is 17.2 Å². The second-order valence-electron chi connectivity index (χ2n) is 6.34. The Morgan fingerprint density at radius 1 is 1.10 bits per heavy atom. The summed E-state index contributed by atoms with van der Waals surface area (Å²) in [5.74, 6) is 2.57. The van der Waals surface area contributed by atoms with Gasteiger partial charge in [0.15, 0.2) is 11.0 Å². The molecule has 1 aromatic heterocycles. The number of carbonyl (C=O) groups is 1. The number of methoxy groups -OCH3 is 2. The molecule has 1 N–H and O–H groups in total. The van der Waals surface area contributed by atoms with E-state index >= 15 is 0 Å². The molecule has 9 heteroatoms. The lowest BCUT2D eigenvalue weighted by Gasteiger charge is -2.10. The van der Waals surface area contributed by atoms with Crippen LogP contribution in [0.2, 0.25) is 0 Å². The van der Waals surface area contributed by atoms with E-state index in [1.54, 1.807) is 38.5 Å². The van der Waals surface area contributed by atoms with Gasteiger partial charge < -0.3 is 19.5 Å². The monoisotopic (exact) mass is 440 g/mol. The molecule has 0 spiro atoms. The van der Waals surface area contributed by atoms with E-state index in [2.05, 4.69) is 22.1 Å². The molecule has 0 aliphatic carbocycles. The molecule has 0 aliphatic heterocycles. The molecule has 0 saturated heterocycles. The lowest BCUT2D eigenvalue weighted by molar-refractivity contribution is -0.113. The molecule has 8 nitrogen and oxygen atoms in total. The van der Waals surface area contributed by atoms with Crippen molar-refractivity contribution in [2.45, 2.75) is 18.3 Å². The summed E-state index contributed by atoms with van der Waals surface area (Å²) >= 11 is 1.29. The number of para-hydroxylation sites is 1. The molecule has 0 fully saturated rings. The summed E-state index contributed by atoms with van der Waals surface area (Å²) in [6.07, 6.45) is 1.75. The van der Waals surface area contributed by atoms with E-state index in [1.165, 1.54) is 11.8 Å². The first-order chi connectivity index (χ1) is 15.1. The number of carbonyl (C=O) groups excluding carboxylic acids is 1. The Labute approximate surface area is 185 Å². The molecule has 0 aliphatic rings. The molecule has 1 amide bonds. The fourth-order valence-corrected chi connectivity index (χ4v) is 3.48. The van der Waals surface area contributed by atoms with E-state index in [4.69, 9.17) is 14.2 Å². The molecule has 0 atom stereocenters. The van der Waals surface area contributed by atoms with Crippen LogP contribution in [0.4, 0.5) is 5.69 Å². The fraction of sp³-hybridized carbons (Fsp3) is 0.227. The van der Waals surface area contributed by atoms with Gasteiger partial charge in [-0.2, -0.15) is 0 Å². The summed E-state index contributed by atoms with van der Waals surface area (Å²) in [4.78, 5) is 12.5. The van der Waals surface area contributed by atoms with Crippen molar-refractivity contribution in [3.63, 3.8) is 0 Å². The summed E-state index contributed by atoms with van der Waals surface area (Å²) in [5.41, 5.74) is 0.589. The zero-order chi connectivity index (χ0) is 22.1. The zero-order valence-corrected chi connectivity index (χ0v) is 18.2. The Kier molecular flexibility index (Phi) is 7.94. The predicted molar refractivity (Wildman–Crippen MR) is 120 cm³/mol. The fourth-order valence-electron chi connectivity index (χ4n) is 2.72. The first-order valence-corrected chi connectivity index (χ1v) is 10.5. The maximum Gasteiger partial charge on any atom is 0.234 e. The van der Waals surface area contributed by atoms with E-state index in [0.29, 0.717) is 34.7 Å². The van der Waals surface area contributed by atoms with Gasteiger partial charge in [-0.3, -0.25) is 9.36 Å². The number of allylic oxidation sites excluding steroid dienone is 1. The smallest absolute Gasteiger partial charge is 0.234 e. The Bertz CT molecular complexity index is 1000. The van der Waals surface area contributed by atoms with E-state index < -0.39 is 0 Å². The summed E-state index contributed by atoms with van der Waals surface area (Å²) in [6.45, 7) is 4.57. The van der Waals surface area contributed by atoms with Crippen molar-refractivity contribution in [2.75, 3.05) is 25.3 Å². The van der Waals surface area contributed by atoms with E-state index in [0.717, 1.165) is 5.75 Å². The van der Waals surface area contributed by atoms with Crippen LogP contribution in [0.3, 0.4) is 0 Å². The minimum atomic E-state index is -0.185. The van der Waals surface area contributed by atoms with Gasteiger partial charge in [0.1, 0.15) is 23.9 Å². The van der Waals surface area contributed by atoms with Crippen LogP contribution in [0.15, 0.2) is 66.3 Å². The Morgan fingerprint density at radius 3 is 2.45 bits per heavy atom. The molecule has 2 aromatic carbocycles. The highest BCUT2D eigenvalue weighted by atomic mass is 32.2. The van der Waals surface area contributed by atoms with Gasteiger partial charge in [0, 0.05) is 30.4 Å². The number of hydrogen-bond acceptors (Lipinski definition) is 7. The number of hydrogen-bond donors (Lipinski definition) is 1. The van der Waals surface area contributed by atoms with Crippen LogP contribution in [-0.2, 0) is 17.9 Å². The number of rotatable bonds is 11. The molecule has 0 bridgehead atoms. The van der Waals surface area contributed by atoms with Crippen molar-refractivity contribution in [2.24, 2.45) is 0 Å². The van der Waals surface area contributed by atoms with Crippen molar-refractivity contribution in [1.29, 1.82) is 0 Å². The highest BCUT2D eigenvalue weighted by Crippen LogP contribution is 2.26. The van der Waals surface area contributed by atoms with Crippen molar-refractivity contribution in [3.8, 4) is 17.2 Å². The number of ether oxygens (including phenoxy) is 3. The summed E-state index contributed by atoms with van der Waals surface area (Å²) < 4.78 is 18.1. The molecule has 1 heterocycles. The van der Waals surface area contributed by atoms with Gasteiger partial charge in [-0.15, -0.1) is 16.8 Å². The van der Waals surface area contributed by atoms with Crippen LogP contribution in [0.1, 0.15) is 5.82 Å². The number of thioether (sulfide) groups is 1. The summed E-state index contributed by atoms with van der Waals surface area (Å²) in [5, 5.41) is 11.9. The highest BCUT2D eigenvalue weighted by Gasteiger charge is 2.15. The molecule has 0 unspecified atom stereocenters. The van der Waals surface area contributed by atoms with Crippen molar-refractivity contribution >= 4 is 23.4 Å². The SMILES string of the molecule is C=CCn1c(COc2ccccc2)nnc1SCC(=O)Nc1cc(OC)cc(OC)c1. The number of benzene rings is 2. The van der Waals surface area contributed by atoms with Crippen molar-refractivity contribution in [1.82, 2.24) is 14.8 Å². The number of amides is 1. The Balaban J connectivity index is 1.62. The maximum atomic E-state index is 12.5. The number of aromatic nitrogens is 3. The van der Waals surface area contributed by atoms with E-state index in [-0.39, 0.29) is 18.3 Å². The van der Waals surface area contributed by atoms with Gasteiger partial charge >= 0.3 is 0 Å². The van der Waals surface area contributed by atoms with Crippen LogP contribution < -0.4 is 19.5 Å². The lowest BCUT2D eigenvalue weighted by atomic mass is 10.2. The Hall–Kier alpha value is -3.46. The molecule has 0 radical (unpaired) electrons. The van der Waals surface area contributed by atoms with Crippen LogP contribution in [0, 0.1) is 0 Å². The molecule has 3 aromatic rings. The molecule has 31 heavy (non-hydrogen) atoms. The van der Waals surface area contributed by atoms with Gasteiger partial charge in [0.25, 0.3) is 0 Å². The third-order valence-electron chi connectivity index (χ3n) is 4.18. The van der Waals surface area contributed by atoms with Crippen LogP contribution in [-0.4, -0.2) is 40.6 Å². The average Bonchev–Trinajstić information content (AvgIpc) is 3.18.